The van der Waals surface area contributed by atoms with Gasteiger partial charge in [0, 0.05) is 6.54 Å². The zero-order valence-electron chi connectivity index (χ0n) is 10.9. The van der Waals surface area contributed by atoms with E-state index in [2.05, 4.69) is 6.92 Å². The molecule has 5 nitrogen and oxygen atoms in total. The van der Waals surface area contributed by atoms with Crippen molar-refractivity contribution in [3.05, 3.63) is 0 Å². The van der Waals surface area contributed by atoms with Crippen molar-refractivity contribution < 1.29 is 20.4 Å². The van der Waals surface area contributed by atoms with Gasteiger partial charge in [-0.3, -0.25) is 4.90 Å². The van der Waals surface area contributed by atoms with E-state index in [9.17, 15) is 20.4 Å². The Morgan fingerprint density at radius 1 is 1.06 bits per heavy atom. The Bertz CT molecular complexity index is 220. The van der Waals surface area contributed by atoms with Gasteiger partial charge in [0.1, 0.15) is 12.2 Å². The van der Waals surface area contributed by atoms with Crippen molar-refractivity contribution in [2.24, 2.45) is 0 Å². The number of aliphatic hydroxyl groups is 4. The molecule has 0 aliphatic carbocycles. The molecule has 0 aromatic heterocycles. The Kier molecular flexibility index (Phi) is 9.11. The SMILES string of the molecule is CCCCCCN1C[C@H](O)[C@@H](O)[C@H](O)[C@H]1CO.Cl. The largest absolute Gasteiger partial charge is 0.395 e. The van der Waals surface area contributed by atoms with Gasteiger partial charge in [-0.15, -0.1) is 12.4 Å². The second-order valence-electron chi connectivity index (χ2n) is 4.85. The Balaban J connectivity index is 0.00000289. The molecular formula is C12H26ClNO4. The van der Waals surface area contributed by atoms with E-state index in [1.54, 1.807) is 0 Å². The first-order chi connectivity index (χ1) is 8.11. The molecule has 0 saturated carbocycles. The van der Waals surface area contributed by atoms with Crippen molar-refractivity contribution in [1.82, 2.24) is 4.90 Å². The van der Waals surface area contributed by atoms with Crippen molar-refractivity contribution in [1.29, 1.82) is 0 Å². The van der Waals surface area contributed by atoms with Crippen LogP contribution in [0.1, 0.15) is 32.6 Å². The maximum absolute atomic E-state index is 9.77. The number of β-amino-alcohol motifs (C(OH)–C–C–N with tert-alkyl or cyclic N) is 1. The van der Waals surface area contributed by atoms with Gasteiger partial charge in [-0.05, 0) is 13.0 Å². The molecule has 0 bridgehead atoms. The fourth-order valence-electron chi connectivity index (χ4n) is 2.38. The summed E-state index contributed by atoms with van der Waals surface area (Å²) < 4.78 is 0. The Hall–Kier alpha value is 0.0900. The van der Waals surface area contributed by atoms with Crippen molar-refractivity contribution in [2.75, 3.05) is 19.7 Å². The zero-order valence-corrected chi connectivity index (χ0v) is 11.7. The van der Waals surface area contributed by atoms with Crippen LogP contribution in [-0.2, 0) is 0 Å². The molecule has 1 saturated heterocycles. The molecule has 1 aliphatic rings. The highest BCUT2D eigenvalue weighted by molar-refractivity contribution is 5.85. The molecule has 1 fully saturated rings. The van der Waals surface area contributed by atoms with E-state index in [4.69, 9.17) is 0 Å². The molecule has 6 heteroatoms. The topological polar surface area (TPSA) is 84.2 Å². The third-order valence-electron chi connectivity index (χ3n) is 3.51. The predicted octanol–water partition coefficient (Wildman–Crippen LogP) is -0.252. The van der Waals surface area contributed by atoms with Crippen molar-refractivity contribution in [3.63, 3.8) is 0 Å². The van der Waals surface area contributed by atoms with Gasteiger partial charge in [-0.1, -0.05) is 26.2 Å². The summed E-state index contributed by atoms with van der Waals surface area (Å²) in [6, 6.07) is -0.463. The number of likely N-dealkylation sites (tertiary alicyclic amines) is 1. The summed E-state index contributed by atoms with van der Waals surface area (Å²) in [5.74, 6) is 0. The molecule has 4 N–H and O–H groups in total. The lowest BCUT2D eigenvalue weighted by Crippen LogP contribution is -2.62. The van der Waals surface area contributed by atoms with Gasteiger partial charge in [0.15, 0.2) is 0 Å². The molecule has 4 atom stereocenters. The first-order valence-corrected chi connectivity index (χ1v) is 6.51. The smallest absolute Gasteiger partial charge is 0.109 e. The van der Waals surface area contributed by atoms with Crippen LogP contribution in [0.4, 0.5) is 0 Å². The van der Waals surface area contributed by atoms with E-state index in [-0.39, 0.29) is 19.0 Å². The average Bonchev–Trinajstić information content (AvgIpc) is 2.32. The lowest BCUT2D eigenvalue weighted by molar-refractivity contribution is -0.145. The summed E-state index contributed by atoms with van der Waals surface area (Å²) in [6.07, 6.45) is 1.27. The quantitative estimate of drug-likeness (QED) is 0.505. The van der Waals surface area contributed by atoms with Crippen LogP contribution in [-0.4, -0.2) is 69.4 Å². The molecule has 18 heavy (non-hydrogen) atoms. The summed E-state index contributed by atoms with van der Waals surface area (Å²) >= 11 is 0. The summed E-state index contributed by atoms with van der Waals surface area (Å²) in [6.45, 7) is 3.00. The van der Waals surface area contributed by atoms with Crippen molar-refractivity contribution >= 4 is 12.4 Å². The fraction of sp³-hybridized carbons (Fsp3) is 1.00. The van der Waals surface area contributed by atoms with E-state index in [1.807, 2.05) is 4.90 Å². The second kappa shape index (κ2) is 9.07. The number of hydrogen-bond acceptors (Lipinski definition) is 5. The Labute approximate surface area is 115 Å². The summed E-state index contributed by atoms with van der Waals surface area (Å²) in [5.41, 5.74) is 0. The lowest BCUT2D eigenvalue weighted by Gasteiger charge is -2.43. The van der Waals surface area contributed by atoms with Gasteiger partial charge in [-0.2, -0.15) is 0 Å². The minimum Gasteiger partial charge on any atom is -0.395 e. The molecule has 1 heterocycles. The monoisotopic (exact) mass is 283 g/mol. The highest BCUT2D eigenvalue weighted by atomic mass is 35.5. The van der Waals surface area contributed by atoms with Crippen LogP contribution in [0, 0.1) is 0 Å². The number of rotatable bonds is 6. The van der Waals surface area contributed by atoms with Crippen molar-refractivity contribution in [2.45, 2.75) is 57.0 Å². The van der Waals surface area contributed by atoms with Gasteiger partial charge >= 0.3 is 0 Å². The average molecular weight is 284 g/mol. The highest BCUT2D eigenvalue weighted by Crippen LogP contribution is 2.19. The predicted molar refractivity (Wildman–Crippen MR) is 71.9 cm³/mol. The summed E-state index contributed by atoms with van der Waals surface area (Å²) in [7, 11) is 0. The molecule has 1 rings (SSSR count). The van der Waals surface area contributed by atoms with Crippen LogP contribution in [0.2, 0.25) is 0 Å². The Morgan fingerprint density at radius 3 is 2.28 bits per heavy atom. The van der Waals surface area contributed by atoms with E-state index in [0.29, 0.717) is 6.54 Å². The van der Waals surface area contributed by atoms with Crippen LogP contribution in [0.5, 0.6) is 0 Å². The Morgan fingerprint density at radius 2 is 1.72 bits per heavy atom. The lowest BCUT2D eigenvalue weighted by atomic mass is 9.94. The van der Waals surface area contributed by atoms with Gasteiger partial charge in [0.2, 0.25) is 0 Å². The molecule has 0 unspecified atom stereocenters. The molecule has 0 amide bonds. The minimum atomic E-state index is -1.15. The van der Waals surface area contributed by atoms with Crippen LogP contribution in [0.25, 0.3) is 0 Å². The van der Waals surface area contributed by atoms with Crippen LogP contribution < -0.4 is 0 Å². The molecule has 110 valence electrons. The van der Waals surface area contributed by atoms with Gasteiger partial charge in [0.25, 0.3) is 0 Å². The van der Waals surface area contributed by atoms with E-state index in [0.717, 1.165) is 25.8 Å². The molecular weight excluding hydrogens is 258 g/mol. The van der Waals surface area contributed by atoms with Gasteiger partial charge < -0.3 is 20.4 Å². The number of piperidine rings is 1. The minimum absolute atomic E-state index is 0. The van der Waals surface area contributed by atoms with Gasteiger partial charge in [-0.25, -0.2) is 0 Å². The number of nitrogens with zero attached hydrogens (tertiary/aromatic N) is 1. The normalized spacial score (nSPS) is 33.2. The molecule has 0 aromatic rings. The van der Waals surface area contributed by atoms with Crippen molar-refractivity contribution in [3.8, 4) is 0 Å². The van der Waals surface area contributed by atoms with Gasteiger partial charge in [0.05, 0.1) is 18.8 Å². The maximum atomic E-state index is 9.77. The van der Waals surface area contributed by atoms with Crippen LogP contribution in [0.15, 0.2) is 0 Å². The highest BCUT2D eigenvalue weighted by Gasteiger charge is 2.40. The number of halogens is 1. The number of aliphatic hydroxyl groups excluding tert-OH is 4. The standard InChI is InChI=1S/C12H25NO4.ClH/c1-2-3-4-5-6-13-7-10(15)12(17)11(16)9(13)8-14;/h9-12,14-17H,2-8H2,1H3;1H/t9-,10+,11-,12-;/m1./s1. The van der Waals surface area contributed by atoms with E-state index < -0.39 is 24.4 Å². The third-order valence-corrected chi connectivity index (χ3v) is 3.51. The van der Waals surface area contributed by atoms with E-state index in [1.165, 1.54) is 6.42 Å². The third kappa shape index (κ3) is 4.64. The molecule has 0 radical (unpaired) electrons. The second-order valence-corrected chi connectivity index (χ2v) is 4.85. The van der Waals surface area contributed by atoms with E-state index >= 15 is 0 Å². The molecule has 0 spiro atoms. The summed E-state index contributed by atoms with van der Waals surface area (Å²) in [5, 5.41) is 38.2. The number of hydrogen-bond donors (Lipinski definition) is 4. The number of unbranched alkanes of at least 4 members (excludes halogenated alkanes) is 3. The summed E-state index contributed by atoms with van der Waals surface area (Å²) in [4.78, 5) is 1.87. The first kappa shape index (κ1) is 18.1. The molecule has 1 aliphatic heterocycles. The maximum Gasteiger partial charge on any atom is 0.109 e. The zero-order chi connectivity index (χ0) is 12.8. The fourth-order valence-corrected chi connectivity index (χ4v) is 2.38. The van der Waals surface area contributed by atoms with Crippen LogP contribution in [0.3, 0.4) is 0 Å². The van der Waals surface area contributed by atoms with Crippen LogP contribution >= 0.6 is 12.4 Å². The molecule has 0 aromatic carbocycles. The first-order valence-electron chi connectivity index (χ1n) is 6.51.